The first-order chi connectivity index (χ1) is 8.17. The van der Waals surface area contributed by atoms with E-state index in [-0.39, 0.29) is 0 Å². The standard InChI is InChI=1S/C14H23NOS/c1-4-6-11(3)10-17-14-9-12(16-5-2)7-8-13(14)15/h7-9,11H,4-6,10,15H2,1-3H3. The van der Waals surface area contributed by atoms with Crippen LogP contribution >= 0.6 is 11.8 Å². The summed E-state index contributed by atoms with van der Waals surface area (Å²) in [7, 11) is 0. The number of nitrogen functional groups attached to an aromatic ring is 1. The van der Waals surface area contributed by atoms with Crippen molar-refractivity contribution in [3.63, 3.8) is 0 Å². The normalized spacial score (nSPS) is 12.4. The molecule has 0 aliphatic carbocycles. The summed E-state index contributed by atoms with van der Waals surface area (Å²) in [5, 5.41) is 0. The monoisotopic (exact) mass is 253 g/mol. The van der Waals surface area contributed by atoms with Crippen LogP contribution in [0.2, 0.25) is 0 Å². The Bertz CT molecular complexity index is 341. The minimum Gasteiger partial charge on any atom is -0.494 e. The van der Waals surface area contributed by atoms with E-state index < -0.39 is 0 Å². The summed E-state index contributed by atoms with van der Waals surface area (Å²) in [6.45, 7) is 7.21. The van der Waals surface area contributed by atoms with Crippen LogP contribution in [0.5, 0.6) is 5.75 Å². The Morgan fingerprint density at radius 2 is 2.12 bits per heavy atom. The Kier molecular flexibility index (Phi) is 6.27. The Balaban J connectivity index is 2.59. The van der Waals surface area contributed by atoms with Crippen molar-refractivity contribution in [1.29, 1.82) is 0 Å². The summed E-state index contributed by atoms with van der Waals surface area (Å²) in [6.07, 6.45) is 2.52. The van der Waals surface area contributed by atoms with Crippen molar-refractivity contribution in [3.8, 4) is 5.75 Å². The number of rotatable bonds is 7. The minimum atomic E-state index is 0.695. The first kappa shape index (κ1) is 14.2. The van der Waals surface area contributed by atoms with Gasteiger partial charge in [0.25, 0.3) is 0 Å². The van der Waals surface area contributed by atoms with Gasteiger partial charge in [-0.05, 0) is 31.0 Å². The molecule has 2 nitrogen and oxygen atoms in total. The molecule has 0 amide bonds. The van der Waals surface area contributed by atoms with Crippen molar-refractivity contribution in [2.45, 2.75) is 38.5 Å². The first-order valence-electron chi connectivity index (χ1n) is 6.32. The summed E-state index contributed by atoms with van der Waals surface area (Å²) in [5.74, 6) is 2.76. The number of benzene rings is 1. The van der Waals surface area contributed by atoms with Crippen molar-refractivity contribution < 1.29 is 4.74 Å². The van der Waals surface area contributed by atoms with Crippen LogP contribution in [0.15, 0.2) is 23.1 Å². The lowest BCUT2D eigenvalue weighted by molar-refractivity contribution is 0.339. The van der Waals surface area contributed by atoms with Gasteiger partial charge < -0.3 is 10.5 Å². The average molecular weight is 253 g/mol. The smallest absolute Gasteiger partial charge is 0.120 e. The molecule has 0 spiro atoms. The molecule has 0 heterocycles. The van der Waals surface area contributed by atoms with Gasteiger partial charge in [-0.25, -0.2) is 0 Å². The summed E-state index contributed by atoms with van der Waals surface area (Å²) < 4.78 is 5.49. The van der Waals surface area contributed by atoms with Crippen LogP contribution in [0.1, 0.15) is 33.6 Å². The third-order valence-corrected chi connectivity index (χ3v) is 4.00. The van der Waals surface area contributed by atoms with Gasteiger partial charge in [-0.15, -0.1) is 11.8 Å². The average Bonchev–Trinajstić information content (AvgIpc) is 2.30. The SMILES string of the molecule is CCCC(C)CSc1cc(OCC)ccc1N. The highest BCUT2D eigenvalue weighted by Crippen LogP contribution is 2.31. The number of anilines is 1. The lowest BCUT2D eigenvalue weighted by Crippen LogP contribution is -1.99. The second-order valence-corrected chi connectivity index (χ2v) is 5.40. The van der Waals surface area contributed by atoms with Gasteiger partial charge in [-0.1, -0.05) is 26.7 Å². The van der Waals surface area contributed by atoms with Gasteiger partial charge in [-0.3, -0.25) is 0 Å². The lowest BCUT2D eigenvalue weighted by Gasteiger charge is -2.12. The van der Waals surface area contributed by atoms with E-state index in [1.54, 1.807) is 0 Å². The van der Waals surface area contributed by atoms with Gasteiger partial charge in [-0.2, -0.15) is 0 Å². The zero-order chi connectivity index (χ0) is 12.7. The van der Waals surface area contributed by atoms with Crippen molar-refractivity contribution in [3.05, 3.63) is 18.2 Å². The molecule has 0 fully saturated rings. The molecule has 1 rings (SSSR count). The fraction of sp³-hybridized carbons (Fsp3) is 0.571. The maximum Gasteiger partial charge on any atom is 0.120 e. The van der Waals surface area contributed by atoms with Crippen LogP contribution in [0.3, 0.4) is 0 Å². The van der Waals surface area contributed by atoms with E-state index in [1.165, 1.54) is 12.8 Å². The molecule has 0 aliphatic heterocycles. The molecule has 0 aromatic heterocycles. The molecule has 3 heteroatoms. The van der Waals surface area contributed by atoms with Gasteiger partial charge in [0.2, 0.25) is 0 Å². The summed E-state index contributed by atoms with van der Waals surface area (Å²) in [4.78, 5) is 1.14. The molecule has 0 aliphatic rings. The predicted molar refractivity (Wildman–Crippen MR) is 76.8 cm³/mol. The summed E-state index contributed by atoms with van der Waals surface area (Å²) in [5.41, 5.74) is 6.82. The number of ether oxygens (including phenoxy) is 1. The highest BCUT2D eigenvalue weighted by atomic mass is 32.2. The molecule has 17 heavy (non-hydrogen) atoms. The molecule has 0 saturated heterocycles. The molecule has 1 unspecified atom stereocenters. The van der Waals surface area contributed by atoms with Crippen LogP contribution in [0.4, 0.5) is 5.69 Å². The Hall–Kier alpha value is -0.830. The number of hydrogen-bond donors (Lipinski definition) is 1. The van der Waals surface area contributed by atoms with E-state index >= 15 is 0 Å². The number of hydrogen-bond acceptors (Lipinski definition) is 3. The predicted octanol–water partition coefficient (Wildman–Crippen LogP) is 4.20. The molecule has 1 aromatic carbocycles. The Morgan fingerprint density at radius 1 is 1.35 bits per heavy atom. The molecule has 96 valence electrons. The minimum absolute atomic E-state index is 0.695. The first-order valence-corrected chi connectivity index (χ1v) is 7.31. The van der Waals surface area contributed by atoms with E-state index in [9.17, 15) is 0 Å². The Labute approximate surface area is 109 Å². The maximum absolute atomic E-state index is 5.97. The van der Waals surface area contributed by atoms with Crippen molar-refractivity contribution in [2.75, 3.05) is 18.1 Å². The zero-order valence-electron chi connectivity index (χ0n) is 11.0. The Morgan fingerprint density at radius 3 is 2.76 bits per heavy atom. The van der Waals surface area contributed by atoms with Crippen LogP contribution in [0, 0.1) is 5.92 Å². The third kappa shape index (κ3) is 4.90. The molecule has 1 aromatic rings. The molecule has 2 N–H and O–H groups in total. The molecular formula is C14H23NOS. The van der Waals surface area contributed by atoms with Crippen molar-refractivity contribution in [1.82, 2.24) is 0 Å². The van der Waals surface area contributed by atoms with Crippen LogP contribution in [-0.4, -0.2) is 12.4 Å². The van der Waals surface area contributed by atoms with E-state index in [4.69, 9.17) is 10.5 Å². The van der Waals surface area contributed by atoms with Gasteiger partial charge >= 0.3 is 0 Å². The van der Waals surface area contributed by atoms with Gasteiger partial charge in [0.05, 0.1) is 6.61 Å². The van der Waals surface area contributed by atoms with Gasteiger partial charge in [0, 0.05) is 16.3 Å². The van der Waals surface area contributed by atoms with Crippen LogP contribution in [0.25, 0.3) is 0 Å². The highest BCUT2D eigenvalue weighted by molar-refractivity contribution is 7.99. The summed E-state index contributed by atoms with van der Waals surface area (Å²) in [6, 6.07) is 5.90. The fourth-order valence-electron chi connectivity index (χ4n) is 1.70. The highest BCUT2D eigenvalue weighted by Gasteiger charge is 2.06. The lowest BCUT2D eigenvalue weighted by atomic mass is 10.1. The molecular weight excluding hydrogens is 230 g/mol. The van der Waals surface area contributed by atoms with E-state index in [0.717, 1.165) is 28.0 Å². The quantitative estimate of drug-likeness (QED) is 0.584. The molecule has 0 saturated carbocycles. The maximum atomic E-state index is 5.97. The van der Waals surface area contributed by atoms with Crippen molar-refractivity contribution >= 4 is 17.4 Å². The number of nitrogens with two attached hydrogens (primary N) is 1. The second kappa shape index (κ2) is 7.49. The van der Waals surface area contributed by atoms with Gasteiger partial charge in [0.15, 0.2) is 0 Å². The topological polar surface area (TPSA) is 35.2 Å². The van der Waals surface area contributed by atoms with E-state index in [0.29, 0.717) is 6.61 Å². The molecule has 0 radical (unpaired) electrons. The fourth-order valence-corrected chi connectivity index (χ4v) is 2.77. The molecule has 0 bridgehead atoms. The van der Waals surface area contributed by atoms with Crippen LogP contribution in [-0.2, 0) is 0 Å². The van der Waals surface area contributed by atoms with E-state index in [2.05, 4.69) is 13.8 Å². The van der Waals surface area contributed by atoms with Crippen LogP contribution < -0.4 is 10.5 Å². The van der Waals surface area contributed by atoms with E-state index in [1.807, 2.05) is 36.9 Å². The largest absolute Gasteiger partial charge is 0.494 e. The second-order valence-electron chi connectivity index (χ2n) is 4.34. The summed E-state index contributed by atoms with van der Waals surface area (Å²) >= 11 is 1.83. The number of thioether (sulfide) groups is 1. The molecule has 1 atom stereocenters. The van der Waals surface area contributed by atoms with Gasteiger partial charge in [0.1, 0.15) is 5.75 Å². The van der Waals surface area contributed by atoms with Crippen molar-refractivity contribution in [2.24, 2.45) is 5.92 Å². The zero-order valence-corrected chi connectivity index (χ0v) is 11.8. The third-order valence-electron chi connectivity index (χ3n) is 2.60.